The fourth-order valence-electron chi connectivity index (χ4n) is 3.95. The molecule has 5 heteroatoms. The van der Waals surface area contributed by atoms with Gasteiger partial charge in [0.15, 0.2) is 5.60 Å². The Morgan fingerprint density at radius 3 is 2.63 bits per heavy atom. The van der Waals surface area contributed by atoms with Crippen molar-refractivity contribution < 1.29 is 19.1 Å². The Bertz CT molecular complexity index is 947. The second-order valence-electron chi connectivity index (χ2n) is 8.27. The van der Waals surface area contributed by atoms with Crippen LogP contribution >= 0.6 is 0 Å². The van der Waals surface area contributed by atoms with E-state index in [4.69, 9.17) is 9.47 Å². The number of amides is 1. The Morgan fingerprint density at radius 2 is 1.87 bits per heavy atom. The third kappa shape index (κ3) is 4.73. The van der Waals surface area contributed by atoms with E-state index in [0.717, 1.165) is 36.9 Å². The average molecular weight is 405 g/mol. The van der Waals surface area contributed by atoms with E-state index >= 15 is 0 Å². The van der Waals surface area contributed by atoms with Crippen LogP contribution < -0.4 is 10.1 Å². The maximum absolute atomic E-state index is 12.5. The van der Waals surface area contributed by atoms with Crippen molar-refractivity contribution in [3.63, 3.8) is 0 Å². The largest absolute Gasteiger partial charge is 0.479 e. The van der Waals surface area contributed by atoms with E-state index in [0.29, 0.717) is 11.3 Å². The van der Waals surface area contributed by atoms with Gasteiger partial charge >= 0.3 is 5.97 Å². The van der Waals surface area contributed by atoms with Gasteiger partial charge in [0.05, 0.1) is 5.56 Å². The topological polar surface area (TPSA) is 64.6 Å². The summed E-state index contributed by atoms with van der Waals surface area (Å²) in [6.07, 6.45) is 9.27. The molecule has 1 unspecified atom stereocenters. The first-order valence-corrected chi connectivity index (χ1v) is 10.6. The zero-order valence-corrected chi connectivity index (χ0v) is 17.2. The van der Waals surface area contributed by atoms with E-state index in [1.165, 1.54) is 6.42 Å². The summed E-state index contributed by atoms with van der Waals surface area (Å²) in [5.41, 5.74) is 1.43. The number of esters is 1. The number of anilines is 1. The van der Waals surface area contributed by atoms with E-state index in [1.807, 2.05) is 43.3 Å². The van der Waals surface area contributed by atoms with Crippen LogP contribution in [-0.4, -0.2) is 24.1 Å². The zero-order chi connectivity index (χ0) is 21.0. The van der Waals surface area contributed by atoms with Crippen LogP contribution in [0.5, 0.6) is 5.75 Å². The second kappa shape index (κ2) is 8.74. The molecule has 2 aromatic carbocycles. The summed E-state index contributed by atoms with van der Waals surface area (Å²) in [5.74, 6) is 0.545. The number of fused-ring (bicyclic) bond motifs is 1. The molecule has 4 rings (SSSR count). The predicted molar refractivity (Wildman–Crippen MR) is 116 cm³/mol. The lowest BCUT2D eigenvalue weighted by Gasteiger charge is -2.31. The maximum Gasteiger partial charge on any atom is 0.338 e. The number of ether oxygens (including phenoxy) is 2. The third-order valence-electron chi connectivity index (χ3n) is 5.71. The highest BCUT2D eigenvalue weighted by Crippen LogP contribution is 2.34. The molecule has 0 bridgehead atoms. The van der Waals surface area contributed by atoms with Gasteiger partial charge in [-0.2, -0.15) is 0 Å². The Balaban J connectivity index is 1.38. The molecule has 1 fully saturated rings. The van der Waals surface area contributed by atoms with Gasteiger partial charge in [0.25, 0.3) is 0 Å². The van der Waals surface area contributed by atoms with Crippen molar-refractivity contribution in [2.75, 3.05) is 11.9 Å². The van der Waals surface area contributed by atoms with Crippen LogP contribution in [0.25, 0.3) is 6.08 Å². The Labute approximate surface area is 177 Å². The first-order chi connectivity index (χ1) is 14.5. The van der Waals surface area contributed by atoms with Crippen LogP contribution in [-0.2, 0) is 9.53 Å². The molecule has 1 saturated carbocycles. The predicted octanol–water partition coefficient (Wildman–Crippen LogP) is 5.23. The lowest BCUT2D eigenvalue weighted by molar-refractivity contribution is -0.120. The molecular weight excluding hydrogens is 378 g/mol. The molecule has 2 aliphatic rings. The van der Waals surface area contributed by atoms with Gasteiger partial charge in [-0.25, -0.2) is 4.79 Å². The minimum atomic E-state index is -0.746. The highest BCUT2D eigenvalue weighted by Gasteiger charge is 2.30. The summed E-state index contributed by atoms with van der Waals surface area (Å²) in [6.45, 7) is 1.99. The van der Waals surface area contributed by atoms with E-state index in [9.17, 15) is 9.59 Å². The van der Waals surface area contributed by atoms with Crippen molar-refractivity contribution in [2.24, 2.45) is 5.92 Å². The van der Waals surface area contributed by atoms with E-state index < -0.39 is 5.60 Å². The van der Waals surface area contributed by atoms with Gasteiger partial charge < -0.3 is 14.8 Å². The monoisotopic (exact) mass is 405 g/mol. The number of rotatable bonds is 5. The second-order valence-corrected chi connectivity index (χ2v) is 8.27. The molecule has 0 spiro atoms. The van der Waals surface area contributed by atoms with E-state index in [1.54, 1.807) is 24.3 Å². The molecule has 5 nitrogen and oxygen atoms in total. The molecule has 0 saturated heterocycles. The van der Waals surface area contributed by atoms with Crippen molar-refractivity contribution in [1.82, 2.24) is 0 Å². The number of carbonyl (C=O) groups excluding carboxylic acids is 2. The molecule has 1 heterocycles. The highest BCUT2D eigenvalue weighted by molar-refractivity contribution is 5.93. The molecular formula is C25H27NO4. The zero-order valence-electron chi connectivity index (χ0n) is 17.2. The van der Waals surface area contributed by atoms with Gasteiger partial charge in [-0.15, -0.1) is 0 Å². The normalized spacial score (nSPS) is 20.7. The molecule has 0 radical (unpaired) electrons. The van der Waals surface area contributed by atoms with Crippen LogP contribution in [0.4, 0.5) is 5.69 Å². The van der Waals surface area contributed by atoms with Crippen LogP contribution in [0.2, 0.25) is 0 Å². The number of benzene rings is 2. The summed E-state index contributed by atoms with van der Waals surface area (Å²) in [6, 6.07) is 14.5. The SMILES string of the molecule is CC1(COC(=O)c2ccccc2)C=Cc2cc(NC(=O)C3CCCCC3)ccc2O1. The van der Waals surface area contributed by atoms with E-state index in [-0.39, 0.29) is 24.4 Å². The van der Waals surface area contributed by atoms with E-state index in [2.05, 4.69) is 5.32 Å². The van der Waals surface area contributed by atoms with Crippen molar-refractivity contribution in [3.8, 4) is 5.75 Å². The van der Waals surface area contributed by atoms with Crippen molar-refractivity contribution in [1.29, 1.82) is 0 Å². The Kier molecular flexibility index (Phi) is 5.88. The Hall–Kier alpha value is -3.08. The molecule has 2 aromatic rings. The molecule has 1 aliphatic carbocycles. The highest BCUT2D eigenvalue weighted by atomic mass is 16.6. The van der Waals surface area contributed by atoms with Crippen LogP contribution in [0.3, 0.4) is 0 Å². The molecule has 30 heavy (non-hydrogen) atoms. The van der Waals surface area contributed by atoms with Gasteiger partial charge in [-0.3, -0.25) is 4.79 Å². The van der Waals surface area contributed by atoms with Gasteiger partial charge in [0.1, 0.15) is 12.4 Å². The first-order valence-electron chi connectivity index (χ1n) is 10.6. The van der Waals surface area contributed by atoms with Crippen LogP contribution in [0, 0.1) is 5.92 Å². The molecule has 1 aliphatic heterocycles. The standard InChI is InChI=1S/C25H27NO4/c1-25(17-29-24(28)19-10-6-3-7-11-19)15-14-20-16-21(12-13-22(20)30-25)26-23(27)18-8-4-2-5-9-18/h3,6-7,10-16,18H,2,4-5,8-9,17H2,1H3,(H,26,27). The molecule has 0 aromatic heterocycles. The molecule has 1 amide bonds. The maximum atomic E-state index is 12.5. The lowest BCUT2D eigenvalue weighted by Crippen LogP contribution is -2.38. The molecule has 156 valence electrons. The molecule has 1 N–H and O–H groups in total. The van der Waals surface area contributed by atoms with Gasteiger partial charge in [0.2, 0.25) is 5.91 Å². The average Bonchev–Trinajstić information content (AvgIpc) is 2.79. The van der Waals surface area contributed by atoms with Crippen molar-refractivity contribution in [3.05, 3.63) is 65.7 Å². The summed E-state index contributed by atoms with van der Waals surface area (Å²) in [5, 5.41) is 3.04. The summed E-state index contributed by atoms with van der Waals surface area (Å²) in [7, 11) is 0. The first kappa shape index (κ1) is 20.2. The summed E-state index contributed by atoms with van der Waals surface area (Å²) < 4.78 is 11.6. The smallest absolute Gasteiger partial charge is 0.338 e. The van der Waals surface area contributed by atoms with Crippen LogP contribution in [0.1, 0.15) is 54.9 Å². The van der Waals surface area contributed by atoms with Crippen molar-refractivity contribution >= 4 is 23.6 Å². The molecule has 1 atom stereocenters. The number of hydrogen-bond acceptors (Lipinski definition) is 4. The minimum absolute atomic E-state index is 0.105. The minimum Gasteiger partial charge on any atom is -0.479 e. The number of nitrogens with one attached hydrogen (secondary N) is 1. The fourth-order valence-corrected chi connectivity index (χ4v) is 3.95. The van der Waals surface area contributed by atoms with Crippen molar-refractivity contribution in [2.45, 2.75) is 44.6 Å². The van der Waals surface area contributed by atoms with Gasteiger partial charge in [-0.05, 0) is 56.2 Å². The quantitative estimate of drug-likeness (QED) is 0.692. The fraction of sp³-hybridized carbons (Fsp3) is 0.360. The summed E-state index contributed by atoms with van der Waals surface area (Å²) >= 11 is 0. The van der Waals surface area contributed by atoms with Crippen LogP contribution in [0.15, 0.2) is 54.6 Å². The van der Waals surface area contributed by atoms with Gasteiger partial charge in [-0.1, -0.05) is 43.5 Å². The third-order valence-corrected chi connectivity index (χ3v) is 5.71. The number of carbonyl (C=O) groups is 2. The number of hydrogen-bond donors (Lipinski definition) is 1. The van der Waals surface area contributed by atoms with Gasteiger partial charge in [0, 0.05) is 17.2 Å². The lowest BCUT2D eigenvalue weighted by atomic mass is 9.88. The summed E-state index contributed by atoms with van der Waals surface area (Å²) in [4.78, 5) is 24.7. The Morgan fingerprint density at radius 1 is 1.10 bits per heavy atom.